The first-order valence-electron chi connectivity index (χ1n) is 29.1. The summed E-state index contributed by atoms with van der Waals surface area (Å²) in [5.74, 6) is 4.71. The lowest BCUT2D eigenvalue weighted by Gasteiger charge is -2.58. The molecule has 0 radical (unpaired) electrons. The molecule has 4 atom stereocenters. The van der Waals surface area contributed by atoms with Gasteiger partial charge in [-0.25, -0.2) is 0 Å². The maximum absolute atomic E-state index is 7.18. The topological polar surface area (TPSA) is 101 Å². The fourth-order valence-corrected chi connectivity index (χ4v) is 11.3. The normalized spacial score (nSPS) is 14.2. The largest absolute Gasteiger partial charge is 0.496 e. The van der Waals surface area contributed by atoms with Gasteiger partial charge in [0.15, 0.2) is 0 Å². The van der Waals surface area contributed by atoms with E-state index in [9.17, 15) is 0 Å². The van der Waals surface area contributed by atoms with E-state index in [1.807, 2.05) is 19.9 Å². The maximum atomic E-state index is 7.18. The van der Waals surface area contributed by atoms with Crippen LogP contribution in [0.2, 0.25) is 5.02 Å². The Kier molecular flexibility index (Phi) is 30.9. The molecular formula is C65H102ClN3O7. The smallest absolute Gasteiger partial charge is 0.122 e. The molecule has 0 saturated carbocycles. The Balaban J connectivity index is 2.11. The number of halogens is 1. The summed E-state index contributed by atoms with van der Waals surface area (Å²) >= 11 is 7.18. The lowest BCUT2D eigenvalue weighted by atomic mass is 9.44. The molecule has 76 heavy (non-hydrogen) atoms. The highest BCUT2D eigenvalue weighted by Gasteiger charge is 2.59. The molecule has 4 aromatic rings. The number of hydrogen-bond donors (Lipinski definition) is 3. The third-order valence-corrected chi connectivity index (χ3v) is 15.3. The molecule has 4 unspecified atom stereocenters. The molecule has 0 aromatic heterocycles. The molecule has 3 N–H and O–H groups in total. The molecule has 426 valence electrons. The molecule has 0 aliphatic carbocycles. The number of methoxy groups -OCH3 is 2. The quantitative estimate of drug-likeness (QED) is 0.0372. The lowest BCUT2D eigenvalue weighted by molar-refractivity contribution is 0.114. The SMILES string of the molecule is CCOCCCNCCOc1cccc(C(CCC(C)C)C(CCC(C)C)(c2cccc(OCCNCCCOCC)c2)C(C)(c2cccc(OCCNCCCOC)c2)C(CCC(C)C)c2cc(Cl)ccc2OC)c1. The van der Waals surface area contributed by atoms with Gasteiger partial charge in [-0.05, 0) is 178 Å². The van der Waals surface area contributed by atoms with Crippen LogP contribution in [0.15, 0.2) is 91.0 Å². The third kappa shape index (κ3) is 20.7. The molecule has 0 aliphatic rings. The molecule has 10 nitrogen and oxygen atoms in total. The average Bonchev–Trinajstić information content (AvgIpc) is 3.54. The first-order valence-corrected chi connectivity index (χ1v) is 29.5. The van der Waals surface area contributed by atoms with E-state index < -0.39 is 10.8 Å². The highest BCUT2D eigenvalue weighted by molar-refractivity contribution is 6.30. The Bertz CT molecular complexity index is 2160. The van der Waals surface area contributed by atoms with Gasteiger partial charge in [-0.2, -0.15) is 0 Å². The van der Waals surface area contributed by atoms with E-state index in [0.717, 1.165) is 159 Å². The van der Waals surface area contributed by atoms with Crippen LogP contribution in [0.4, 0.5) is 0 Å². The zero-order chi connectivity index (χ0) is 55.0. The van der Waals surface area contributed by atoms with Gasteiger partial charge < -0.3 is 49.1 Å². The molecule has 11 heteroatoms. The maximum Gasteiger partial charge on any atom is 0.122 e. The molecule has 0 aliphatic heterocycles. The second-order valence-electron chi connectivity index (χ2n) is 21.9. The monoisotopic (exact) mass is 1070 g/mol. The zero-order valence-electron chi connectivity index (χ0n) is 49.0. The third-order valence-electron chi connectivity index (χ3n) is 15.0. The van der Waals surface area contributed by atoms with Gasteiger partial charge in [0.05, 0.1) is 7.11 Å². The van der Waals surface area contributed by atoms with Gasteiger partial charge in [0.2, 0.25) is 0 Å². The van der Waals surface area contributed by atoms with Gasteiger partial charge in [-0.3, -0.25) is 0 Å². The summed E-state index contributed by atoms with van der Waals surface area (Å²) in [7, 11) is 3.55. The highest BCUT2D eigenvalue weighted by Crippen LogP contribution is 2.64. The van der Waals surface area contributed by atoms with E-state index in [2.05, 4.69) is 149 Å². The molecule has 4 aromatic carbocycles. The lowest BCUT2D eigenvalue weighted by Crippen LogP contribution is -2.55. The zero-order valence-corrected chi connectivity index (χ0v) is 49.8. The van der Waals surface area contributed by atoms with Crippen LogP contribution in [0, 0.1) is 17.8 Å². The molecule has 0 saturated heterocycles. The van der Waals surface area contributed by atoms with Crippen LogP contribution in [0.3, 0.4) is 0 Å². The fraction of sp³-hybridized carbons (Fsp3) is 0.631. The Morgan fingerprint density at radius 2 is 0.987 bits per heavy atom. The van der Waals surface area contributed by atoms with Crippen molar-refractivity contribution in [2.24, 2.45) is 17.8 Å². The number of rotatable bonds is 43. The minimum atomic E-state index is -0.642. The molecule has 0 fully saturated rings. The van der Waals surface area contributed by atoms with Crippen molar-refractivity contribution in [1.29, 1.82) is 0 Å². The minimum Gasteiger partial charge on any atom is -0.496 e. The van der Waals surface area contributed by atoms with Crippen LogP contribution in [0.5, 0.6) is 23.0 Å². The summed E-state index contributed by atoms with van der Waals surface area (Å²) < 4.78 is 43.1. The van der Waals surface area contributed by atoms with Gasteiger partial charge in [-0.1, -0.05) is 116 Å². The van der Waals surface area contributed by atoms with Gasteiger partial charge in [0.1, 0.15) is 42.8 Å². The molecule has 0 bridgehead atoms. The average molecular weight is 1070 g/mol. The molecule has 0 heterocycles. The van der Waals surface area contributed by atoms with E-state index >= 15 is 0 Å². The van der Waals surface area contributed by atoms with Crippen molar-refractivity contribution in [3.63, 3.8) is 0 Å². The van der Waals surface area contributed by atoms with Crippen molar-refractivity contribution in [3.8, 4) is 23.0 Å². The first-order chi connectivity index (χ1) is 36.8. The van der Waals surface area contributed by atoms with Crippen molar-refractivity contribution in [2.75, 3.05) is 106 Å². The molecule has 0 spiro atoms. The van der Waals surface area contributed by atoms with Crippen molar-refractivity contribution >= 4 is 11.6 Å². The second-order valence-corrected chi connectivity index (χ2v) is 22.3. The van der Waals surface area contributed by atoms with Crippen molar-refractivity contribution in [1.82, 2.24) is 16.0 Å². The fourth-order valence-electron chi connectivity index (χ4n) is 11.1. The predicted molar refractivity (Wildman–Crippen MR) is 318 cm³/mol. The van der Waals surface area contributed by atoms with Crippen molar-refractivity contribution < 1.29 is 33.2 Å². The summed E-state index contributed by atoms with van der Waals surface area (Å²) in [6, 6.07) is 33.5. The highest BCUT2D eigenvalue weighted by atomic mass is 35.5. The predicted octanol–water partition coefficient (Wildman–Crippen LogP) is 14.2. The molecule has 4 rings (SSSR count). The number of hydrogen-bond acceptors (Lipinski definition) is 10. The van der Waals surface area contributed by atoms with Crippen molar-refractivity contribution in [3.05, 3.63) is 118 Å². The van der Waals surface area contributed by atoms with Gasteiger partial charge in [0, 0.05) is 75.6 Å². The Labute approximate surface area is 466 Å². The van der Waals surface area contributed by atoms with Gasteiger partial charge >= 0.3 is 0 Å². The molecule has 0 amide bonds. The van der Waals surface area contributed by atoms with E-state index in [4.69, 9.17) is 44.8 Å². The number of ether oxygens (including phenoxy) is 7. The van der Waals surface area contributed by atoms with Crippen molar-refractivity contribution in [2.45, 2.75) is 143 Å². The Morgan fingerprint density at radius 1 is 0.500 bits per heavy atom. The number of benzene rings is 4. The minimum absolute atomic E-state index is 0.00810. The van der Waals surface area contributed by atoms with Crippen LogP contribution in [-0.2, 0) is 25.0 Å². The van der Waals surface area contributed by atoms with Crippen LogP contribution >= 0.6 is 11.6 Å². The summed E-state index contributed by atoms with van der Waals surface area (Å²) in [5.41, 5.74) is 3.65. The van der Waals surface area contributed by atoms with Crippen LogP contribution < -0.4 is 34.9 Å². The van der Waals surface area contributed by atoms with Gasteiger partial charge in [0.25, 0.3) is 0 Å². The van der Waals surface area contributed by atoms with E-state index in [1.165, 1.54) is 16.7 Å². The summed E-state index contributed by atoms with van der Waals surface area (Å²) in [6.07, 6.45) is 8.64. The van der Waals surface area contributed by atoms with Crippen LogP contribution in [0.1, 0.15) is 154 Å². The summed E-state index contributed by atoms with van der Waals surface area (Å²) in [5, 5.41) is 11.4. The molecular weight excluding hydrogens is 970 g/mol. The van der Waals surface area contributed by atoms with Crippen LogP contribution in [0.25, 0.3) is 0 Å². The Morgan fingerprint density at radius 3 is 1.50 bits per heavy atom. The number of nitrogens with one attached hydrogen (secondary N) is 3. The van der Waals surface area contributed by atoms with E-state index in [0.29, 0.717) is 42.6 Å². The summed E-state index contributed by atoms with van der Waals surface area (Å²) in [6.45, 7) is 31.0. The Hall–Kier alpha value is -3.87. The van der Waals surface area contributed by atoms with E-state index in [1.54, 1.807) is 14.2 Å². The second kappa shape index (κ2) is 36.3. The van der Waals surface area contributed by atoms with Crippen LogP contribution in [-0.4, -0.2) is 106 Å². The summed E-state index contributed by atoms with van der Waals surface area (Å²) in [4.78, 5) is 0. The first kappa shape index (κ1) is 64.7. The standard InChI is InChI=1S/C65H102ClN3O7/c1-12-72-41-18-35-68-37-43-74-57-23-14-20-53(46-57)61(29-26-50(3)4)65(33-32-52(7)8,55-22-16-25-59(48-55)76-45-39-69-36-19-42-73-13-2)64(9,54-21-15-24-58(47-54)75-44-38-67-34-17-40-70-10)62(30-27-51(5)6)60-49-56(66)28-31-63(60)71-11/h14-16,20-25,28,31,46-52,61-62,67-69H,12-13,17-19,26-27,29-30,32-45H2,1-11H3. The van der Waals surface area contributed by atoms with E-state index in [-0.39, 0.29) is 11.8 Å². The van der Waals surface area contributed by atoms with Gasteiger partial charge in [-0.15, -0.1) is 0 Å².